The minimum Gasteiger partial charge on any atom is -0.303 e. The summed E-state index contributed by atoms with van der Waals surface area (Å²) in [6.07, 6.45) is 7.68. The van der Waals surface area contributed by atoms with Gasteiger partial charge in [-0.1, -0.05) is 17.7 Å². The zero-order valence-corrected chi connectivity index (χ0v) is 12.2. The lowest BCUT2D eigenvalue weighted by atomic mass is 10.1. The molecule has 1 aliphatic heterocycles. The molecular weight excluding hydrogens is 238 g/mol. The van der Waals surface area contributed by atoms with E-state index < -0.39 is 0 Å². The number of unbranched alkanes of at least 4 members (excludes halogenated alkanes) is 1. The Balaban J connectivity index is 1.54. The first kappa shape index (κ1) is 14.0. The monoisotopic (exact) mass is 262 g/mol. The molecule has 0 spiro atoms. The van der Waals surface area contributed by atoms with Gasteiger partial charge in [0.05, 0.1) is 0 Å². The van der Waals surface area contributed by atoms with Crippen molar-refractivity contribution in [2.75, 3.05) is 25.4 Å². The quantitative estimate of drug-likeness (QED) is 0.559. The second-order valence-electron chi connectivity index (χ2n) is 5.08. The summed E-state index contributed by atoms with van der Waals surface area (Å²) in [5.41, 5.74) is 1.35. The van der Waals surface area contributed by atoms with Gasteiger partial charge in [0.25, 0.3) is 0 Å². The maximum Gasteiger partial charge on any atom is 0.00721 e. The Labute approximate surface area is 116 Å². The highest BCUT2D eigenvalue weighted by molar-refractivity contribution is 7.99. The first-order valence-electron chi connectivity index (χ1n) is 7.08. The van der Waals surface area contributed by atoms with E-state index >= 15 is 0 Å². The van der Waals surface area contributed by atoms with Crippen LogP contribution in [0, 0.1) is 13.3 Å². The molecule has 1 aromatic carbocycles. The van der Waals surface area contributed by atoms with Crippen LogP contribution in [0.3, 0.4) is 0 Å². The van der Waals surface area contributed by atoms with Crippen LogP contribution in [0.4, 0.5) is 0 Å². The van der Waals surface area contributed by atoms with Crippen molar-refractivity contribution in [3.63, 3.8) is 0 Å². The minimum atomic E-state index is 1.25. The topological polar surface area (TPSA) is 3.24 Å². The standard InChI is InChI=1S/C16H24NS/c1-15-7-9-16(10-8-15)18-14-6-5-13-17-11-3-2-4-12-17/h2,7-10H,3-6,11-14H2,1H3. The van der Waals surface area contributed by atoms with Crippen LogP contribution in [0.15, 0.2) is 29.2 Å². The number of hydrogen-bond acceptors (Lipinski definition) is 2. The zero-order valence-electron chi connectivity index (χ0n) is 11.4. The van der Waals surface area contributed by atoms with Crippen LogP contribution in [-0.4, -0.2) is 30.3 Å². The van der Waals surface area contributed by atoms with E-state index in [1.807, 2.05) is 11.8 Å². The fraction of sp³-hybridized carbons (Fsp3) is 0.562. The van der Waals surface area contributed by atoms with Gasteiger partial charge in [0.15, 0.2) is 0 Å². The number of piperidine rings is 1. The molecule has 0 N–H and O–H groups in total. The summed E-state index contributed by atoms with van der Waals surface area (Å²) < 4.78 is 0. The molecule has 99 valence electrons. The summed E-state index contributed by atoms with van der Waals surface area (Å²) in [5.74, 6) is 1.25. The molecule has 1 heterocycles. The molecule has 1 aliphatic rings. The molecule has 0 bridgehead atoms. The third-order valence-electron chi connectivity index (χ3n) is 3.46. The van der Waals surface area contributed by atoms with Crippen molar-refractivity contribution in [2.24, 2.45) is 0 Å². The Bertz CT molecular complexity index is 327. The zero-order chi connectivity index (χ0) is 12.6. The first-order chi connectivity index (χ1) is 8.84. The van der Waals surface area contributed by atoms with E-state index in [1.165, 1.54) is 61.5 Å². The largest absolute Gasteiger partial charge is 0.303 e. The number of nitrogens with zero attached hydrogens (tertiary/aromatic N) is 1. The summed E-state index contributed by atoms with van der Waals surface area (Å²) in [6, 6.07) is 8.88. The third kappa shape index (κ3) is 5.03. The van der Waals surface area contributed by atoms with Gasteiger partial charge >= 0.3 is 0 Å². The molecule has 1 fully saturated rings. The number of rotatable bonds is 6. The molecule has 1 nitrogen and oxygen atoms in total. The fourth-order valence-corrected chi connectivity index (χ4v) is 3.20. The molecule has 0 amide bonds. The lowest BCUT2D eigenvalue weighted by Crippen LogP contribution is -2.30. The van der Waals surface area contributed by atoms with E-state index in [4.69, 9.17) is 0 Å². The molecule has 0 aliphatic carbocycles. The van der Waals surface area contributed by atoms with Gasteiger partial charge in [-0.15, -0.1) is 11.8 Å². The number of aryl methyl sites for hydroxylation is 1. The number of hydrogen-bond donors (Lipinski definition) is 0. The summed E-state index contributed by atoms with van der Waals surface area (Å²) in [4.78, 5) is 4.02. The van der Waals surface area contributed by atoms with E-state index in [0.29, 0.717) is 0 Å². The first-order valence-corrected chi connectivity index (χ1v) is 8.06. The van der Waals surface area contributed by atoms with Crippen LogP contribution in [0.25, 0.3) is 0 Å². The fourth-order valence-electron chi connectivity index (χ4n) is 2.29. The van der Waals surface area contributed by atoms with Gasteiger partial charge in [0.2, 0.25) is 0 Å². The average molecular weight is 262 g/mol. The lowest BCUT2D eigenvalue weighted by molar-refractivity contribution is 0.251. The summed E-state index contributed by atoms with van der Waals surface area (Å²) >= 11 is 1.99. The summed E-state index contributed by atoms with van der Waals surface area (Å²) in [6.45, 7) is 6.00. The van der Waals surface area contributed by atoms with Crippen LogP contribution >= 0.6 is 11.8 Å². The van der Waals surface area contributed by atoms with Crippen molar-refractivity contribution in [1.82, 2.24) is 4.90 Å². The van der Waals surface area contributed by atoms with Crippen LogP contribution in [-0.2, 0) is 0 Å². The molecule has 2 heteroatoms. The SMILES string of the molecule is Cc1ccc(SCCCCN2CC[CH]CC2)cc1. The number of benzene rings is 1. The molecule has 0 aromatic heterocycles. The molecule has 1 radical (unpaired) electrons. The van der Waals surface area contributed by atoms with Gasteiger partial charge < -0.3 is 4.90 Å². The predicted octanol–water partition coefficient (Wildman–Crippen LogP) is 4.17. The molecule has 1 aromatic rings. The Morgan fingerprint density at radius 2 is 1.78 bits per heavy atom. The van der Waals surface area contributed by atoms with Crippen molar-refractivity contribution in [1.29, 1.82) is 0 Å². The molecule has 0 atom stereocenters. The van der Waals surface area contributed by atoms with Gasteiger partial charge in [-0.05, 0) is 76.5 Å². The van der Waals surface area contributed by atoms with E-state index in [2.05, 4.69) is 42.5 Å². The van der Waals surface area contributed by atoms with Crippen molar-refractivity contribution in [3.8, 4) is 0 Å². The Morgan fingerprint density at radius 3 is 2.50 bits per heavy atom. The predicted molar refractivity (Wildman–Crippen MR) is 81.1 cm³/mol. The Morgan fingerprint density at radius 1 is 1.06 bits per heavy atom. The van der Waals surface area contributed by atoms with Gasteiger partial charge in [-0.2, -0.15) is 0 Å². The van der Waals surface area contributed by atoms with Gasteiger partial charge in [0, 0.05) is 4.90 Å². The third-order valence-corrected chi connectivity index (χ3v) is 4.56. The van der Waals surface area contributed by atoms with E-state index in [9.17, 15) is 0 Å². The molecule has 1 saturated heterocycles. The van der Waals surface area contributed by atoms with Gasteiger partial charge in [-0.3, -0.25) is 0 Å². The van der Waals surface area contributed by atoms with Crippen molar-refractivity contribution in [2.45, 2.75) is 37.5 Å². The normalized spacial score (nSPS) is 16.9. The van der Waals surface area contributed by atoms with E-state index in [0.717, 1.165) is 0 Å². The summed E-state index contributed by atoms with van der Waals surface area (Å²) in [7, 11) is 0. The molecule has 0 saturated carbocycles. The van der Waals surface area contributed by atoms with Crippen molar-refractivity contribution < 1.29 is 0 Å². The molecule has 2 rings (SSSR count). The second-order valence-corrected chi connectivity index (χ2v) is 6.24. The van der Waals surface area contributed by atoms with E-state index in [-0.39, 0.29) is 0 Å². The maximum atomic E-state index is 2.61. The summed E-state index contributed by atoms with van der Waals surface area (Å²) in [5, 5.41) is 0. The van der Waals surface area contributed by atoms with Crippen LogP contribution < -0.4 is 0 Å². The average Bonchev–Trinajstić information content (AvgIpc) is 2.42. The van der Waals surface area contributed by atoms with Crippen LogP contribution in [0.5, 0.6) is 0 Å². The van der Waals surface area contributed by atoms with Crippen molar-refractivity contribution in [3.05, 3.63) is 36.2 Å². The molecule has 18 heavy (non-hydrogen) atoms. The number of likely N-dealkylation sites (tertiary alicyclic amines) is 1. The highest BCUT2D eigenvalue weighted by Gasteiger charge is 2.08. The highest BCUT2D eigenvalue weighted by atomic mass is 32.2. The second kappa shape index (κ2) is 7.85. The van der Waals surface area contributed by atoms with Crippen molar-refractivity contribution >= 4 is 11.8 Å². The van der Waals surface area contributed by atoms with Crippen LogP contribution in [0.1, 0.15) is 31.2 Å². The maximum absolute atomic E-state index is 2.61. The Hall–Kier alpha value is -0.470. The Kier molecular flexibility index (Phi) is 6.09. The van der Waals surface area contributed by atoms with Gasteiger partial charge in [-0.25, -0.2) is 0 Å². The highest BCUT2D eigenvalue weighted by Crippen LogP contribution is 2.19. The minimum absolute atomic E-state index is 1.25. The molecular formula is C16H24NS. The molecule has 0 unspecified atom stereocenters. The van der Waals surface area contributed by atoms with E-state index in [1.54, 1.807) is 0 Å². The van der Waals surface area contributed by atoms with Crippen LogP contribution in [0.2, 0.25) is 0 Å². The van der Waals surface area contributed by atoms with Gasteiger partial charge in [0.1, 0.15) is 0 Å². The smallest absolute Gasteiger partial charge is 0.00721 e. The lowest BCUT2D eigenvalue weighted by Gasteiger charge is -2.26. The number of thioether (sulfide) groups is 1.